The number of hydrogen-bond donors (Lipinski definition) is 1. The topological polar surface area (TPSA) is 57.2 Å². The molecule has 2 radical (unpaired) electrons. The van der Waals surface area contributed by atoms with Crippen LogP contribution in [0, 0.1) is 0 Å². The van der Waals surface area contributed by atoms with Crippen LogP contribution in [0.25, 0.3) is 0 Å². The second-order valence-corrected chi connectivity index (χ2v) is 7.83. The third-order valence-corrected chi connectivity index (χ3v) is 5.89. The maximum atomic E-state index is 10.4. The Morgan fingerprint density at radius 3 is 1.78 bits per heavy atom. The van der Waals surface area contributed by atoms with Crippen molar-refractivity contribution in [2.24, 2.45) is 0 Å². The van der Waals surface area contributed by atoms with E-state index in [0.29, 0.717) is 6.42 Å². The summed E-state index contributed by atoms with van der Waals surface area (Å²) in [6, 6.07) is 25.1. The zero-order chi connectivity index (χ0) is 22.6. The number of rotatable bonds is 8. The van der Waals surface area contributed by atoms with Crippen molar-refractivity contribution in [3.8, 4) is 11.5 Å². The first-order valence-electron chi connectivity index (χ1n) is 10.6. The Labute approximate surface area is 190 Å². The van der Waals surface area contributed by atoms with Crippen LogP contribution in [0.1, 0.15) is 23.1 Å². The molecule has 0 aliphatic carbocycles. The van der Waals surface area contributed by atoms with Crippen molar-refractivity contribution < 1.29 is 24.1 Å². The molecule has 1 saturated heterocycles. The molecule has 0 bridgehead atoms. The Kier molecular flexibility index (Phi) is 6.84. The molecule has 4 rings (SSSR count). The van der Waals surface area contributed by atoms with Crippen LogP contribution in [0.4, 0.5) is 0 Å². The molecule has 1 fully saturated rings. The van der Waals surface area contributed by atoms with Gasteiger partial charge in [-0.2, -0.15) is 0 Å². The van der Waals surface area contributed by atoms with E-state index in [2.05, 4.69) is 0 Å². The van der Waals surface area contributed by atoms with Gasteiger partial charge in [-0.25, -0.2) is 0 Å². The minimum Gasteiger partial charge on any atom is -0.497 e. The summed E-state index contributed by atoms with van der Waals surface area (Å²) >= 11 is 0. The molecule has 164 valence electrons. The van der Waals surface area contributed by atoms with E-state index in [-0.39, 0.29) is 6.61 Å². The predicted molar refractivity (Wildman–Crippen MR) is 123 cm³/mol. The molecule has 0 aromatic heterocycles. The van der Waals surface area contributed by atoms with Crippen molar-refractivity contribution in [3.05, 3.63) is 95.6 Å². The molecule has 32 heavy (non-hydrogen) atoms. The Morgan fingerprint density at radius 2 is 1.34 bits per heavy atom. The SMILES string of the molecule is [B][C@H]1CC(O)[C@@H](COC(c2ccccc2)(c2ccc(OC)cc2)c2ccc(OC)cc2)O1. The molecular formula is C26H27BO5. The van der Waals surface area contributed by atoms with E-state index in [1.54, 1.807) is 14.2 Å². The molecule has 1 N–H and O–H groups in total. The van der Waals surface area contributed by atoms with Crippen molar-refractivity contribution in [1.29, 1.82) is 0 Å². The highest BCUT2D eigenvalue weighted by Gasteiger charge is 2.40. The molecule has 0 spiro atoms. The lowest BCUT2D eigenvalue weighted by Gasteiger charge is -2.37. The number of aliphatic hydroxyl groups excluding tert-OH is 1. The van der Waals surface area contributed by atoms with Crippen LogP contribution in [-0.4, -0.2) is 52.0 Å². The summed E-state index contributed by atoms with van der Waals surface area (Å²) in [5.41, 5.74) is 1.85. The fourth-order valence-electron chi connectivity index (χ4n) is 4.19. The standard InChI is InChI=1S/C26H27BO5/c1-29-21-12-8-19(9-13-21)26(18-6-4-3-5-7-18,20-10-14-22(30-2)15-11-20)31-17-24-23(28)16-25(27)32-24/h3-15,23-25,28H,16-17H2,1-2H3/t23?,24-,25-/m1/s1. The lowest BCUT2D eigenvalue weighted by molar-refractivity contribution is -0.0737. The van der Waals surface area contributed by atoms with E-state index < -0.39 is 23.8 Å². The molecule has 1 heterocycles. The van der Waals surface area contributed by atoms with Crippen LogP contribution in [0.15, 0.2) is 78.9 Å². The Morgan fingerprint density at radius 1 is 0.844 bits per heavy atom. The van der Waals surface area contributed by atoms with Crippen molar-refractivity contribution in [2.45, 2.75) is 30.2 Å². The van der Waals surface area contributed by atoms with Gasteiger partial charge in [0.1, 0.15) is 31.1 Å². The van der Waals surface area contributed by atoms with Gasteiger partial charge in [0.25, 0.3) is 0 Å². The minimum absolute atomic E-state index is 0.168. The Bertz CT molecular complexity index is 943. The number of methoxy groups -OCH3 is 2. The van der Waals surface area contributed by atoms with Crippen LogP contribution >= 0.6 is 0 Å². The number of benzene rings is 3. The summed E-state index contributed by atoms with van der Waals surface area (Å²) in [6.45, 7) is 0.168. The monoisotopic (exact) mass is 430 g/mol. The van der Waals surface area contributed by atoms with E-state index in [1.807, 2.05) is 78.9 Å². The van der Waals surface area contributed by atoms with Gasteiger partial charge in [0.2, 0.25) is 0 Å². The number of aliphatic hydroxyl groups is 1. The Balaban J connectivity index is 1.84. The lowest BCUT2D eigenvalue weighted by atomic mass is 9.80. The van der Waals surface area contributed by atoms with Crippen LogP contribution in [0.2, 0.25) is 0 Å². The van der Waals surface area contributed by atoms with E-state index in [1.165, 1.54) is 0 Å². The van der Waals surface area contributed by atoms with Crippen LogP contribution in [-0.2, 0) is 15.1 Å². The summed E-state index contributed by atoms with van der Waals surface area (Å²) in [4.78, 5) is 0. The predicted octanol–water partition coefficient (Wildman–Crippen LogP) is 3.66. The number of hydrogen-bond acceptors (Lipinski definition) is 5. The third-order valence-electron chi connectivity index (χ3n) is 5.89. The number of ether oxygens (including phenoxy) is 4. The average molecular weight is 430 g/mol. The molecule has 3 aromatic carbocycles. The van der Waals surface area contributed by atoms with Gasteiger partial charge in [-0.3, -0.25) is 0 Å². The molecule has 3 atom stereocenters. The van der Waals surface area contributed by atoms with Gasteiger partial charge in [0, 0.05) is 6.00 Å². The average Bonchev–Trinajstić information content (AvgIpc) is 3.17. The van der Waals surface area contributed by atoms with Gasteiger partial charge in [-0.05, 0) is 47.4 Å². The van der Waals surface area contributed by atoms with Gasteiger partial charge >= 0.3 is 0 Å². The van der Waals surface area contributed by atoms with Gasteiger partial charge in [0.15, 0.2) is 0 Å². The van der Waals surface area contributed by atoms with E-state index in [0.717, 1.165) is 28.2 Å². The maximum absolute atomic E-state index is 10.4. The van der Waals surface area contributed by atoms with Crippen LogP contribution in [0.3, 0.4) is 0 Å². The van der Waals surface area contributed by atoms with Crippen LogP contribution < -0.4 is 9.47 Å². The molecule has 1 aliphatic rings. The molecule has 0 saturated carbocycles. The third kappa shape index (κ3) is 4.39. The second kappa shape index (κ2) is 9.78. The van der Waals surface area contributed by atoms with Gasteiger partial charge < -0.3 is 24.1 Å². The van der Waals surface area contributed by atoms with Crippen molar-refractivity contribution in [1.82, 2.24) is 0 Å². The second-order valence-electron chi connectivity index (χ2n) is 7.83. The maximum Gasteiger partial charge on any atom is 0.143 e. The summed E-state index contributed by atoms with van der Waals surface area (Å²) in [6.07, 6.45) is -0.799. The molecule has 0 amide bonds. The van der Waals surface area contributed by atoms with Crippen LogP contribution in [0.5, 0.6) is 11.5 Å². The minimum atomic E-state index is -0.949. The summed E-state index contributed by atoms with van der Waals surface area (Å²) < 4.78 is 23.2. The first-order valence-corrected chi connectivity index (χ1v) is 10.6. The highest BCUT2D eigenvalue weighted by Crippen LogP contribution is 2.42. The fraction of sp³-hybridized carbons (Fsp3) is 0.308. The smallest absolute Gasteiger partial charge is 0.143 e. The molecular weight excluding hydrogens is 403 g/mol. The summed E-state index contributed by atoms with van der Waals surface area (Å²) in [5, 5.41) is 10.4. The highest BCUT2D eigenvalue weighted by molar-refractivity contribution is 6.11. The van der Waals surface area contributed by atoms with Gasteiger partial charge in [-0.15, -0.1) is 0 Å². The normalized spacial score (nSPS) is 20.8. The molecule has 6 heteroatoms. The zero-order valence-corrected chi connectivity index (χ0v) is 18.3. The quantitative estimate of drug-likeness (QED) is 0.437. The molecule has 3 aromatic rings. The largest absolute Gasteiger partial charge is 0.497 e. The fourth-order valence-corrected chi connectivity index (χ4v) is 4.19. The van der Waals surface area contributed by atoms with Crippen molar-refractivity contribution in [3.63, 3.8) is 0 Å². The zero-order valence-electron chi connectivity index (χ0n) is 18.3. The van der Waals surface area contributed by atoms with Crippen molar-refractivity contribution >= 4 is 7.85 Å². The Hall–Kier alpha value is -2.80. The van der Waals surface area contributed by atoms with Crippen molar-refractivity contribution in [2.75, 3.05) is 20.8 Å². The van der Waals surface area contributed by atoms with E-state index in [9.17, 15) is 5.11 Å². The summed E-state index contributed by atoms with van der Waals surface area (Å²) in [7, 11) is 9.17. The van der Waals surface area contributed by atoms with E-state index >= 15 is 0 Å². The molecule has 1 unspecified atom stereocenters. The van der Waals surface area contributed by atoms with Gasteiger partial charge in [0.05, 0.1) is 26.9 Å². The first-order chi connectivity index (χ1) is 15.6. The molecule has 1 aliphatic heterocycles. The highest BCUT2D eigenvalue weighted by atomic mass is 16.6. The molecule has 5 nitrogen and oxygen atoms in total. The van der Waals surface area contributed by atoms with Gasteiger partial charge in [-0.1, -0.05) is 54.6 Å². The first kappa shape index (κ1) is 22.4. The summed E-state index contributed by atoms with van der Waals surface area (Å²) in [5.74, 6) is 1.51. The van der Waals surface area contributed by atoms with E-state index in [4.69, 9.17) is 26.8 Å². The lowest BCUT2D eigenvalue weighted by Crippen LogP contribution is -2.38.